The molecule has 1 fully saturated rings. The van der Waals surface area contributed by atoms with Crippen molar-refractivity contribution >= 4 is 29.4 Å². The maximum atomic E-state index is 12.4. The van der Waals surface area contributed by atoms with Crippen LogP contribution in [0.25, 0.3) is 0 Å². The summed E-state index contributed by atoms with van der Waals surface area (Å²) in [5.41, 5.74) is 5.03. The molecule has 0 radical (unpaired) electrons. The van der Waals surface area contributed by atoms with Gasteiger partial charge in [-0.15, -0.1) is 0 Å². The molecule has 0 unspecified atom stereocenters. The summed E-state index contributed by atoms with van der Waals surface area (Å²) in [6.45, 7) is -0.469. The number of benzene rings is 2. The second-order valence-electron chi connectivity index (χ2n) is 6.03. The molecule has 0 saturated heterocycles. The lowest BCUT2D eigenvalue weighted by Crippen LogP contribution is -2.44. The van der Waals surface area contributed by atoms with Gasteiger partial charge in [0.15, 0.2) is 6.61 Å². The van der Waals surface area contributed by atoms with Crippen LogP contribution in [0.5, 0.6) is 0 Å². The Morgan fingerprint density at radius 1 is 0.962 bits per heavy atom. The molecular weight excluding hydrogens is 356 g/mol. The highest BCUT2D eigenvalue weighted by Crippen LogP contribution is 2.49. The summed E-state index contributed by atoms with van der Waals surface area (Å²) in [5, 5.41) is 0.589. The zero-order valence-electron chi connectivity index (χ0n) is 13.8. The van der Waals surface area contributed by atoms with Gasteiger partial charge < -0.3 is 4.74 Å². The predicted molar refractivity (Wildman–Crippen MR) is 95.4 cm³/mol. The minimum atomic E-state index is -0.696. The van der Waals surface area contributed by atoms with Crippen molar-refractivity contribution in [2.75, 3.05) is 6.61 Å². The van der Waals surface area contributed by atoms with E-state index in [0.29, 0.717) is 23.4 Å². The summed E-state index contributed by atoms with van der Waals surface area (Å²) in [7, 11) is 0. The molecule has 2 amide bonds. The van der Waals surface area contributed by atoms with E-state index in [-0.39, 0.29) is 0 Å². The number of rotatable bonds is 5. The maximum absolute atomic E-state index is 12.4. The number of hydrazine groups is 1. The third kappa shape index (κ3) is 4.03. The molecule has 0 aromatic heterocycles. The van der Waals surface area contributed by atoms with Crippen molar-refractivity contribution in [1.29, 1.82) is 0 Å². The first-order valence-corrected chi connectivity index (χ1v) is 8.46. The van der Waals surface area contributed by atoms with E-state index in [0.717, 1.165) is 5.56 Å². The van der Waals surface area contributed by atoms with Crippen LogP contribution in [0.1, 0.15) is 28.8 Å². The number of nitrogens with one attached hydrogen (secondary N) is 2. The van der Waals surface area contributed by atoms with Crippen LogP contribution in [0, 0.1) is 0 Å². The molecule has 1 aliphatic carbocycles. The molecule has 3 rings (SSSR count). The summed E-state index contributed by atoms with van der Waals surface area (Å²) >= 11 is 5.87. The third-order valence-electron chi connectivity index (χ3n) is 4.22. The second-order valence-corrected chi connectivity index (χ2v) is 6.47. The number of carbonyl (C=O) groups excluding carboxylic acids is 3. The lowest BCUT2D eigenvalue weighted by atomic mass is 9.96. The number of hydrogen-bond donors (Lipinski definition) is 2. The Morgan fingerprint density at radius 3 is 2.23 bits per heavy atom. The highest BCUT2D eigenvalue weighted by Gasteiger charge is 2.52. The number of ether oxygens (including phenoxy) is 1. The zero-order chi connectivity index (χ0) is 18.6. The molecule has 26 heavy (non-hydrogen) atoms. The Bertz CT molecular complexity index is 817. The molecule has 2 aromatic rings. The molecular formula is C19H17ClN2O4. The van der Waals surface area contributed by atoms with Gasteiger partial charge in [-0.2, -0.15) is 0 Å². The van der Waals surface area contributed by atoms with E-state index in [4.69, 9.17) is 16.3 Å². The van der Waals surface area contributed by atoms with Gasteiger partial charge in [0.25, 0.3) is 11.8 Å². The van der Waals surface area contributed by atoms with Gasteiger partial charge in [0, 0.05) is 10.6 Å². The second kappa shape index (κ2) is 7.58. The maximum Gasteiger partial charge on any atom is 0.317 e. The van der Waals surface area contributed by atoms with E-state index in [1.807, 2.05) is 0 Å². The predicted octanol–water partition coefficient (Wildman–Crippen LogP) is 2.38. The van der Waals surface area contributed by atoms with Crippen LogP contribution < -0.4 is 10.9 Å². The summed E-state index contributed by atoms with van der Waals surface area (Å²) in [5.74, 6) is -1.52. The van der Waals surface area contributed by atoms with E-state index in [2.05, 4.69) is 10.9 Å². The van der Waals surface area contributed by atoms with Gasteiger partial charge >= 0.3 is 5.97 Å². The number of esters is 1. The van der Waals surface area contributed by atoms with Gasteiger partial charge in [0.1, 0.15) is 0 Å². The van der Waals surface area contributed by atoms with Crippen LogP contribution in [-0.2, 0) is 19.7 Å². The molecule has 7 heteroatoms. The minimum Gasteiger partial charge on any atom is -0.455 e. The Labute approximate surface area is 155 Å². The summed E-state index contributed by atoms with van der Waals surface area (Å²) < 4.78 is 5.12. The fourth-order valence-electron chi connectivity index (χ4n) is 2.60. The average Bonchev–Trinajstić information content (AvgIpc) is 3.47. The minimum absolute atomic E-state index is 0.407. The fourth-order valence-corrected chi connectivity index (χ4v) is 2.72. The Hall–Kier alpha value is -2.86. The number of halogens is 1. The van der Waals surface area contributed by atoms with Crippen LogP contribution in [0.2, 0.25) is 5.02 Å². The van der Waals surface area contributed by atoms with Crippen molar-refractivity contribution in [3.8, 4) is 0 Å². The summed E-state index contributed by atoms with van der Waals surface area (Å²) in [4.78, 5) is 36.0. The molecule has 6 nitrogen and oxygen atoms in total. The van der Waals surface area contributed by atoms with Crippen LogP contribution in [-0.4, -0.2) is 24.4 Å². The smallest absolute Gasteiger partial charge is 0.317 e. The van der Waals surface area contributed by atoms with E-state index < -0.39 is 29.8 Å². The first-order valence-electron chi connectivity index (χ1n) is 8.09. The molecule has 2 N–H and O–H groups in total. The van der Waals surface area contributed by atoms with Gasteiger partial charge in [0.2, 0.25) is 0 Å². The molecule has 0 heterocycles. The van der Waals surface area contributed by atoms with Crippen molar-refractivity contribution in [3.63, 3.8) is 0 Å². The van der Waals surface area contributed by atoms with Crippen molar-refractivity contribution in [3.05, 3.63) is 70.7 Å². The lowest BCUT2D eigenvalue weighted by molar-refractivity contribution is -0.151. The van der Waals surface area contributed by atoms with Gasteiger partial charge in [-0.05, 0) is 42.7 Å². The van der Waals surface area contributed by atoms with Crippen molar-refractivity contribution in [2.24, 2.45) is 0 Å². The van der Waals surface area contributed by atoms with E-state index >= 15 is 0 Å². The van der Waals surface area contributed by atoms with Crippen LogP contribution in [0.15, 0.2) is 54.6 Å². The zero-order valence-corrected chi connectivity index (χ0v) is 14.6. The average molecular weight is 373 g/mol. The third-order valence-corrected chi connectivity index (χ3v) is 4.48. The molecule has 0 bridgehead atoms. The Balaban J connectivity index is 1.48. The quantitative estimate of drug-likeness (QED) is 0.623. The van der Waals surface area contributed by atoms with Crippen LogP contribution in [0.3, 0.4) is 0 Å². The number of amides is 2. The number of carbonyl (C=O) groups is 3. The van der Waals surface area contributed by atoms with E-state index in [1.165, 1.54) is 0 Å². The lowest BCUT2D eigenvalue weighted by Gasteiger charge is -2.15. The Kier molecular flexibility index (Phi) is 5.23. The molecule has 1 saturated carbocycles. The number of hydrogen-bond acceptors (Lipinski definition) is 4. The first-order chi connectivity index (χ1) is 12.5. The molecule has 1 aliphatic rings. The molecule has 134 valence electrons. The molecule has 0 aliphatic heterocycles. The topological polar surface area (TPSA) is 84.5 Å². The standard InChI is InChI=1S/C19H17ClN2O4/c20-15-8-6-14(7-9-15)19(10-11-19)18(25)26-12-16(23)21-22-17(24)13-4-2-1-3-5-13/h1-9H,10-12H2,(H,21,23)(H,22,24). The van der Waals surface area contributed by atoms with Crippen molar-refractivity contribution < 1.29 is 19.1 Å². The molecule has 0 spiro atoms. The highest BCUT2D eigenvalue weighted by molar-refractivity contribution is 6.30. The van der Waals surface area contributed by atoms with Gasteiger partial charge in [-0.3, -0.25) is 25.2 Å². The summed E-state index contributed by atoms with van der Waals surface area (Å²) in [6.07, 6.45) is 1.33. The van der Waals surface area contributed by atoms with Crippen molar-refractivity contribution in [2.45, 2.75) is 18.3 Å². The largest absolute Gasteiger partial charge is 0.455 e. The van der Waals surface area contributed by atoms with Crippen LogP contribution in [0.4, 0.5) is 0 Å². The van der Waals surface area contributed by atoms with Gasteiger partial charge in [0.05, 0.1) is 5.41 Å². The molecule has 2 aromatic carbocycles. The molecule has 0 atom stereocenters. The van der Waals surface area contributed by atoms with Gasteiger partial charge in [-0.25, -0.2) is 0 Å². The van der Waals surface area contributed by atoms with E-state index in [9.17, 15) is 14.4 Å². The fraction of sp³-hybridized carbons (Fsp3) is 0.211. The van der Waals surface area contributed by atoms with Crippen molar-refractivity contribution in [1.82, 2.24) is 10.9 Å². The van der Waals surface area contributed by atoms with E-state index in [1.54, 1.807) is 54.6 Å². The van der Waals surface area contributed by atoms with Gasteiger partial charge in [-0.1, -0.05) is 41.9 Å². The first kappa shape index (κ1) is 17.9. The SMILES string of the molecule is O=C(COC(=O)C1(c2ccc(Cl)cc2)CC1)NNC(=O)c1ccccc1. The summed E-state index contributed by atoms with van der Waals surface area (Å²) in [6, 6.07) is 15.5. The van der Waals surface area contributed by atoms with Crippen LogP contribution >= 0.6 is 11.6 Å². The normalized spacial score (nSPS) is 14.2. The monoisotopic (exact) mass is 372 g/mol. The highest BCUT2D eigenvalue weighted by atomic mass is 35.5. The Morgan fingerprint density at radius 2 is 1.62 bits per heavy atom.